The van der Waals surface area contributed by atoms with Gasteiger partial charge in [0, 0.05) is 35.9 Å². The molecule has 2 saturated heterocycles. The summed E-state index contributed by atoms with van der Waals surface area (Å²) in [6.07, 6.45) is 1.10. The van der Waals surface area contributed by atoms with Crippen molar-refractivity contribution in [3.05, 3.63) is 95.2 Å². The molecule has 0 aliphatic carbocycles. The molecule has 2 aliphatic heterocycles. The summed E-state index contributed by atoms with van der Waals surface area (Å²) in [6, 6.07) is 21.0. The van der Waals surface area contributed by atoms with Gasteiger partial charge in [0.25, 0.3) is 5.91 Å². The Morgan fingerprint density at radius 2 is 1.57 bits per heavy atom. The third kappa shape index (κ3) is 6.14. The molecule has 0 bridgehead atoms. The van der Waals surface area contributed by atoms with Gasteiger partial charge < -0.3 is 15.5 Å². The largest absolute Gasteiger partial charge is 0.416 e. The van der Waals surface area contributed by atoms with E-state index in [0.717, 1.165) is 84.4 Å². The number of nitrogen functional groups attached to an aromatic ring is 1. The Labute approximate surface area is 244 Å². The first-order valence-electron chi connectivity index (χ1n) is 14.7. The molecule has 0 radical (unpaired) electrons. The monoisotopic (exact) mass is 572 g/mol. The van der Waals surface area contributed by atoms with Gasteiger partial charge in [0.1, 0.15) is 0 Å². The minimum absolute atomic E-state index is 0.0225. The minimum atomic E-state index is -4.36. The van der Waals surface area contributed by atoms with Crippen molar-refractivity contribution in [3.63, 3.8) is 0 Å². The summed E-state index contributed by atoms with van der Waals surface area (Å²) >= 11 is 0. The van der Waals surface area contributed by atoms with Crippen LogP contribution >= 0.6 is 0 Å². The Hall–Kier alpha value is -3.91. The molecule has 8 heteroatoms. The van der Waals surface area contributed by atoms with Crippen LogP contribution in [0.4, 0.5) is 18.9 Å². The summed E-state index contributed by atoms with van der Waals surface area (Å²) in [7, 11) is 0. The first-order chi connectivity index (χ1) is 20.2. The lowest BCUT2D eigenvalue weighted by Crippen LogP contribution is -2.42. The molecule has 0 saturated carbocycles. The lowest BCUT2D eigenvalue weighted by atomic mass is 9.98. The molecule has 1 aromatic heterocycles. The van der Waals surface area contributed by atoms with E-state index in [-0.39, 0.29) is 11.9 Å². The third-order valence-electron chi connectivity index (χ3n) is 8.59. The summed E-state index contributed by atoms with van der Waals surface area (Å²) in [5.74, 6) is 0.0225. The van der Waals surface area contributed by atoms with E-state index in [4.69, 9.17) is 10.7 Å². The molecule has 0 unspecified atom stereocenters. The van der Waals surface area contributed by atoms with Gasteiger partial charge in [0.15, 0.2) is 0 Å². The molecule has 0 spiro atoms. The zero-order valence-electron chi connectivity index (χ0n) is 23.5. The van der Waals surface area contributed by atoms with Crippen LogP contribution in [0.5, 0.6) is 0 Å². The number of halogens is 3. The molecule has 218 valence electrons. The minimum Gasteiger partial charge on any atom is -0.399 e. The number of fused-ring (bicyclic) bond motifs is 1. The summed E-state index contributed by atoms with van der Waals surface area (Å²) in [4.78, 5) is 23.7. The van der Waals surface area contributed by atoms with Crippen LogP contribution in [0.3, 0.4) is 0 Å². The number of benzene rings is 3. The van der Waals surface area contributed by atoms with Crippen molar-refractivity contribution in [2.45, 2.75) is 50.7 Å². The molecule has 3 aromatic carbocycles. The van der Waals surface area contributed by atoms with Crippen LogP contribution in [0.25, 0.3) is 22.0 Å². The van der Waals surface area contributed by atoms with Crippen molar-refractivity contribution >= 4 is 22.5 Å². The number of nitrogens with two attached hydrogens (primary N) is 1. The molecule has 2 aliphatic rings. The highest BCUT2D eigenvalue weighted by Crippen LogP contribution is 2.31. The van der Waals surface area contributed by atoms with Gasteiger partial charge in [0.2, 0.25) is 0 Å². The first-order valence-corrected chi connectivity index (χ1v) is 14.7. The van der Waals surface area contributed by atoms with Crippen LogP contribution in [0.2, 0.25) is 0 Å². The second kappa shape index (κ2) is 11.8. The molecule has 1 atom stereocenters. The van der Waals surface area contributed by atoms with Crippen LogP contribution in [0, 0.1) is 0 Å². The Kier molecular flexibility index (Phi) is 7.90. The van der Waals surface area contributed by atoms with Crippen molar-refractivity contribution in [2.24, 2.45) is 0 Å². The molecule has 3 heterocycles. The van der Waals surface area contributed by atoms with E-state index in [1.165, 1.54) is 25.0 Å². The van der Waals surface area contributed by atoms with E-state index in [2.05, 4.69) is 4.90 Å². The number of pyridine rings is 1. The van der Waals surface area contributed by atoms with E-state index in [9.17, 15) is 18.0 Å². The number of aryl methyl sites for hydroxylation is 2. The molecule has 5 nitrogen and oxygen atoms in total. The number of carbonyl (C=O) groups is 1. The summed E-state index contributed by atoms with van der Waals surface area (Å²) in [6.45, 7) is 3.83. The van der Waals surface area contributed by atoms with E-state index in [1.807, 2.05) is 53.4 Å². The smallest absolute Gasteiger partial charge is 0.399 e. The van der Waals surface area contributed by atoms with Crippen LogP contribution in [-0.2, 0) is 19.0 Å². The molecule has 1 amide bonds. The molecular formula is C34H35F3N4O. The fraction of sp³-hybridized carbons (Fsp3) is 0.353. The zero-order valence-corrected chi connectivity index (χ0v) is 23.5. The average molecular weight is 573 g/mol. The van der Waals surface area contributed by atoms with Gasteiger partial charge in [-0.15, -0.1) is 0 Å². The maximum Gasteiger partial charge on any atom is 0.416 e. The molecule has 6 rings (SSSR count). The van der Waals surface area contributed by atoms with Gasteiger partial charge in [-0.2, -0.15) is 13.2 Å². The number of hydrogen-bond acceptors (Lipinski definition) is 4. The number of likely N-dealkylation sites (tertiary alicyclic amines) is 2. The molecule has 42 heavy (non-hydrogen) atoms. The Morgan fingerprint density at radius 3 is 2.29 bits per heavy atom. The normalized spacial score (nSPS) is 17.8. The highest BCUT2D eigenvalue weighted by Gasteiger charge is 2.33. The predicted octanol–water partition coefficient (Wildman–Crippen LogP) is 6.99. The second-order valence-electron chi connectivity index (χ2n) is 11.5. The van der Waals surface area contributed by atoms with Crippen molar-refractivity contribution in [1.29, 1.82) is 0 Å². The lowest BCUT2D eigenvalue weighted by molar-refractivity contribution is -0.137. The van der Waals surface area contributed by atoms with Crippen LogP contribution < -0.4 is 5.73 Å². The highest BCUT2D eigenvalue weighted by atomic mass is 19.4. The van der Waals surface area contributed by atoms with E-state index >= 15 is 0 Å². The predicted molar refractivity (Wildman–Crippen MR) is 160 cm³/mol. The topological polar surface area (TPSA) is 62.5 Å². The molecule has 2 N–H and O–H groups in total. The number of hydrogen-bond donors (Lipinski definition) is 1. The van der Waals surface area contributed by atoms with Crippen molar-refractivity contribution in [3.8, 4) is 11.1 Å². The highest BCUT2D eigenvalue weighted by molar-refractivity contribution is 6.07. The number of anilines is 1. The number of aromatic nitrogens is 1. The van der Waals surface area contributed by atoms with Crippen LogP contribution in [0.1, 0.15) is 52.9 Å². The number of carbonyl (C=O) groups excluding carboxylic acids is 1. The van der Waals surface area contributed by atoms with Crippen molar-refractivity contribution < 1.29 is 18.0 Å². The first kappa shape index (κ1) is 28.2. The van der Waals surface area contributed by atoms with E-state index in [0.29, 0.717) is 24.1 Å². The standard InChI is InChI=1S/C34H35F3N4O/c35-34(36,37)26-11-5-23(6-12-26)7-15-28-21-31(33(42)41-19-3-4-29(41)22-40-17-1-2-18-40)30-20-25(10-16-32(30)39-28)24-8-13-27(38)14-9-24/h5-6,8-14,16,20-21,29H,1-4,7,15,17-19,22,38H2/t29-/m0/s1. The van der Waals surface area contributed by atoms with E-state index in [1.54, 1.807) is 0 Å². The lowest BCUT2D eigenvalue weighted by Gasteiger charge is -2.29. The molecule has 4 aromatic rings. The fourth-order valence-corrected chi connectivity index (χ4v) is 6.28. The van der Waals surface area contributed by atoms with Crippen LogP contribution in [0.15, 0.2) is 72.8 Å². The number of alkyl halides is 3. The fourth-order valence-electron chi connectivity index (χ4n) is 6.28. The number of nitrogens with zero attached hydrogens (tertiary/aromatic N) is 3. The Bertz CT molecular complexity index is 1560. The Morgan fingerprint density at radius 1 is 0.857 bits per heavy atom. The van der Waals surface area contributed by atoms with Gasteiger partial charge in [0.05, 0.1) is 16.6 Å². The summed E-state index contributed by atoms with van der Waals surface area (Å²) in [5, 5.41) is 0.805. The van der Waals surface area contributed by atoms with E-state index < -0.39 is 11.7 Å². The van der Waals surface area contributed by atoms with Gasteiger partial charge in [-0.25, -0.2) is 0 Å². The maximum atomic E-state index is 14.3. The van der Waals surface area contributed by atoms with Gasteiger partial charge >= 0.3 is 6.18 Å². The second-order valence-corrected chi connectivity index (χ2v) is 11.5. The quantitative estimate of drug-likeness (QED) is 0.243. The summed E-state index contributed by atoms with van der Waals surface area (Å²) in [5.41, 5.74) is 10.8. The van der Waals surface area contributed by atoms with Crippen molar-refractivity contribution in [2.75, 3.05) is 31.9 Å². The van der Waals surface area contributed by atoms with Gasteiger partial charge in [-0.1, -0.05) is 30.3 Å². The van der Waals surface area contributed by atoms with Gasteiger partial charge in [-0.05, 0) is 111 Å². The number of rotatable bonds is 7. The van der Waals surface area contributed by atoms with Crippen LogP contribution in [-0.4, -0.2) is 52.9 Å². The summed E-state index contributed by atoms with van der Waals surface area (Å²) < 4.78 is 39.0. The van der Waals surface area contributed by atoms with Crippen molar-refractivity contribution in [1.82, 2.24) is 14.8 Å². The third-order valence-corrected chi connectivity index (χ3v) is 8.59. The van der Waals surface area contributed by atoms with Gasteiger partial charge in [-0.3, -0.25) is 9.78 Å². The number of amides is 1. The zero-order chi connectivity index (χ0) is 29.3. The molecular weight excluding hydrogens is 537 g/mol. The molecule has 2 fully saturated rings. The Balaban J connectivity index is 1.33. The maximum absolute atomic E-state index is 14.3. The average Bonchev–Trinajstić information content (AvgIpc) is 3.68. The SMILES string of the molecule is Nc1ccc(-c2ccc3nc(CCc4ccc(C(F)(F)F)cc4)cc(C(=O)N4CCC[C@H]4CN4CCCC4)c3c2)cc1.